The largest absolute Gasteiger partial charge is 1.00 e. The van der Waals surface area contributed by atoms with Crippen molar-refractivity contribution < 1.29 is 85.3 Å². The van der Waals surface area contributed by atoms with Gasteiger partial charge in [-0.3, -0.25) is 9.11 Å². The van der Waals surface area contributed by atoms with Crippen LogP contribution in [0.25, 0.3) is 0 Å². The Balaban J connectivity index is -0.0000000221. The van der Waals surface area contributed by atoms with E-state index in [2.05, 4.69) is 0 Å². The molecule has 0 atom stereocenters. The van der Waals surface area contributed by atoms with Crippen molar-refractivity contribution in [3.8, 4) is 0 Å². The molecule has 0 aliphatic rings. The second kappa shape index (κ2) is 11.3. The van der Waals surface area contributed by atoms with Crippen molar-refractivity contribution in [3.05, 3.63) is 0 Å². The quantitative estimate of drug-likeness (QED) is 0.243. The minimum atomic E-state index is -4.67. The van der Waals surface area contributed by atoms with E-state index in [4.69, 9.17) is 32.5 Å². The second-order valence-electron chi connectivity index (χ2n) is 0.730. The molecule has 7 nitrogen and oxygen atoms in total. The fourth-order valence-corrected chi connectivity index (χ4v) is 0. The zero-order chi connectivity index (χ0) is 8.08. The van der Waals surface area contributed by atoms with Crippen LogP contribution in [-0.4, -0.2) is 51.3 Å². The zero-order valence-electron chi connectivity index (χ0n) is 5.92. The minimum absolute atomic E-state index is 0. The van der Waals surface area contributed by atoms with Crippen LogP contribution in [-0.2, 0) is 10.4 Å². The normalized spacial score (nSPS) is 7.45. The predicted octanol–water partition coefficient (Wildman–Crippen LogP) is -4.50. The average molecular weight is 230 g/mol. The summed E-state index contributed by atoms with van der Waals surface area (Å²) in [5.41, 5.74) is 0. The van der Waals surface area contributed by atoms with E-state index in [9.17, 15) is 0 Å². The van der Waals surface area contributed by atoms with Crippen LogP contribution in [0.3, 0.4) is 0 Å². The first-order chi connectivity index (χ1) is 3.73. The monoisotopic (exact) mass is 230 g/mol. The Morgan fingerprint density at radius 2 is 1.18 bits per heavy atom. The molecule has 10 heteroatoms. The fraction of sp³-hybridized carbons (Fsp3) is 0. The first-order valence-corrected chi connectivity index (χ1v) is 2.75. The van der Waals surface area contributed by atoms with E-state index in [0.717, 1.165) is 0 Å². The van der Waals surface area contributed by atoms with Gasteiger partial charge in [-0.2, -0.15) is 8.42 Å². The molecule has 0 heterocycles. The van der Waals surface area contributed by atoms with Crippen LogP contribution in [0.4, 0.5) is 4.79 Å². The van der Waals surface area contributed by atoms with Gasteiger partial charge in [-0.1, -0.05) is 0 Å². The van der Waals surface area contributed by atoms with Crippen LogP contribution in [0.2, 0.25) is 0 Å². The molecule has 0 amide bonds. The van der Waals surface area contributed by atoms with Crippen molar-refractivity contribution in [2.75, 3.05) is 0 Å². The molecule has 0 spiro atoms. The fourth-order valence-electron chi connectivity index (χ4n) is 0. The van der Waals surface area contributed by atoms with Gasteiger partial charge in [-0.25, -0.2) is 4.79 Å². The molecule has 0 rings (SSSR count). The number of hydrogen-bond donors (Lipinski definition) is 4. The van der Waals surface area contributed by atoms with E-state index < -0.39 is 16.6 Å². The van der Waals surface area contributed by atoms with E-state index in [1.54, 1.807) is 0 Å². The van der Waals surface area contributed by atoms with Gasteiger partial charge in [0.2, 0.25) is 0 Å². The van der Waals surface area contributed by atoms with Crippen molar-refractivity contribution in [1.82, 2.24) is 0 Å². The average Bonchev–Trinajstić information content (AvgIpc) is 1.19. The molecule has 0 aliphatic carbocycles. The van der Waals surface area contributed by atoms with Gasteiger partial charge in [0, 0.05) is 0 Å². The smallest absolute Gasteiger partial charge is 1.00 e. The Kier molecular flexibility index (Phi) is 23.4. The molecule has 0 saturated carbocycles. The molecule has 0 unspecified atom stereocenters. The Morgan fingerprint density at radius 3 is 1.18 bits per heavy atom. The van der Waals surface area contributed by atoms with E-state index in [1.807, 2.05) is 0 Å². The van der Waals surface area contributed by atoms with Crippen molar-refractivity contribution in [1.29, 1.82) is 0 Å². The molecular weight excluding hydrogens is 222 g/mol. The molecule has 64 valence electrons. The third-order valence-corrected chi connectivity index (χ3v) is 0. The van der Waals surface area contributed by atoms with Crippen LogP contribution in [0.5, 0.6) is 0 Å². The van der Waals surface area contributed by atoms with Crippen LogP contribution < -0.4 is 51.4 Å². The van der Waals surface area contributed by atoms with Crippen LogP contribution in [0, 0.1) is 0 Å². The summed E-state index contributed by atoms with van der Waals surface area (Å²) in [6.45, 7) is 0. The summed E-state index contributed by atoms with van der Waals surface area (Å²) in [6.07, 6.45) is -1.83. The summed E-state index contributed by atoms with van der Waals surface area (Å²) in [4.78, 5) is 8.56. The van der Waals surface area contributed by atoms with Crippen molar-refractivity contribution in [2.45, 2.75) is 0 Å². The number of rotatable bonds is 0. The number of carbonyl (C=O) groups is 1. The topological polar surface area (TPSA) is 132 Å². The molecule has 4 N–H and O–H groups in total. The summed E-state index contributed by atoms with van der Waals surface area (Å²) in [6, 6.07) is 0. The summed E-state index contributed by atoms with van der Waals surface area (Å²) < 4.78 is 31.6. The number of carboxylic acid groups (broad SMARTS) is 2. The van der Waals surface area contributed by atoms with Crippen LogP contribution in [0.15, 0.2) is 0 Å². The molecule has 0 bridgehead atoms. The van der Waals surface area contributed by atoms with Gasteiger partial charge >= 0.3 is 67.9 Å². The van der Waals surface area contributed by atoms with E-state index in [-0.39, 0.29) is 70.2 Å². The first kappa shape index (κ1) is 22.8. The maximum Gasteiger partial charge on any atom is 1.00 e. The maximum absolute atomic E-state index is 8.74. The van der Waals surface area contributed by atoms with Gasteiger partial charge in [0.15, 0.2) is 17.4 Å². The van der Waals surface area contributed by atoms with E-state index >= 15 is 0 Å². The summed E-state index contributed by atoms with van der Waals surface area (Å²) in [5.74, 6) is 0. The predicted molar refractivity (Wildman–Crippen MR) is 35.9 cm³/mol. The van der Waals surface area contributed by atoms with Crippen LogP contribution >= 0.6 is 0 Å². The summed E-state index contributed by atoms with van der Waals surface area (Å²) >= 11 is 0. The molecular formula is CH8AlKO7S. The summed E-state index contributed by atoms with van der Waals surface area (Å²) in [7, 11) is -4.67. The molecule has 0 fully saturated rings. The van der Waals surface area contributed by atoms with E-state index in [1.165, 1.54) is 0 Å². The third kappa shape index (κ3) is 572. The molecule has 0 aromatic heterocycles. The zero-order valence-corrected chi connectivity index (χ0v) is 8.86. The van der Waals surface area contributed by atoms with Crippen molar-refractivity contribution >= 4 is 33.9 Å². The summed E-state index contributed by atoms with van der Waals surface area (Å²) in [5, 5.41) is 13.9. The first-order valence-electron chi connectivity index (χ1n) is 1.35. The Hall–Kier alpha value is 1.31. The maximum atomic E-state index is 8.74. The Morgan fingerprint density at radius 1 is 1.18 bits per heavy atom. The van der Waals surface area contributed by atoms with E-state index in [0.29, 0.717) is 0 Å². The minimum Gasteiger partial charge on any atom is -1.00 e. The van der Waals surface area contributed by atoms with Gasteiger partial charge in [0.05, 0.1) is 0 Å². The molecule has 0 aromatic rings. The molecule has 0 aromatic carbocycles. The molecule has 0 saturated heterocycles. The molecule has 0 radical (unpaired) electrons. The van der Waals surface area contributed by atoms with Gasteiger partial charge in [-0.15, -0.1) is 0 Å². The van der Waals surface area contributed by atoms with Crippen LogP contribution in [0.1, 0.15) is 1.43 Å². The SMILES string of the molecule is O=C(O)O.O=S(=O)(O)O.[AlH3].[H-].[K+]. The number of hydrogen-bond acceptors (Lipinski definition) is 3. The third-order valence-electron chi connectivity index (χ3n) is 0. The molecule has 11 heavy (non-hydrogen) atoms. The van der Waals surface area contributed by atoms with Gasteiger partial charge in [0.25, 0.3) is 0 Å². The standard InChI is InChI=1S/CH2O3.Al.K.H2O4S.4H/c2-1(3)4;;;1-5(2,3)4;;;;/h(H2,2,3,4);;;(H2,1,2,3,4);;;;/q;;+1;;;;;-1. The second-order valence-corrected chi connectivity index (χ2v) is 1.63. The Labute approximate surface area is 117 Å². The van der Waals surface area contributed by atoms with Gasteiger partial charge < -0.3 is 11.6 Å². The van der Waals surface area contributed by atoms with Crippen molar-refractivity contribution in [3.63, 3.8) is 0 Å². The van der Waals surface area contributed by atoms with Gasteiger partial charge in [0.1, 0.15) is 0 Å². The van der Waals surface area contributed by atoms with Gasteiger partial charge in [-0.05, 0) is 0 Å². The van der Waals surface area contributed by atoms with Crippen molar-refractivity contribution in [2.24, 2.45) is 0 Å². The Bertz CT molecular complexity index is 166. The molecule has 0 aliphatic heterocycles.